The minimum atomic E-state index is -4.54. The molecule has 0 saturated heterocycles. The molecule has 3 rings (SSSR count). The van der Waals surface area contributed by atoms with E-state index in [2.05, 4.69) is 4.98 Å². The molecule has 2 heterocycles. The molecule has 0 unspecified atom stereocenters. The number of carbonyl (C=O) groups excluding carboxylic acids is 1. The number of aromatic nitrogens is 2. The summed E-state index contributed by atoms with van der Waals surface area (Å²) in [6.07, 6.45) is -2.73. The van der Waals surface area contributed by atoms with Gasteiger partial charge in [0.1, 0.15) is 0 Å². The smallest absolute Gasteiger partial charge is 0.318 e. The zero-order valence-corrected chi connectivity index (χ0v) is 14.6. The molecule has 134 valence electrons. The Morgan fingerprint density at radius 3 is 2.68 bits per heavy atom. The van der Waals surface area contributed by atoms with Crippen molar-refractivity contribution in [2.24, 2.45) is 0 Å². The van der Waals surface area contributed by atoms with E-state index in [0.717, 1.165) is 18.9 Å². The SMILES string of the molecule is CCCCN1Cn2c(nc(C)c2-c2ccc(Cl)c(C(F)(F)F)c2)C1=O. The maximum absolute atomic E-state index is 13.1. The molecule has 2 aromatic rings. The molecule has 1 aliphatic heterocycles. The second-order valence-corrected chi connectivity index (χ2v) is 6.46. The minimum Gasteiger partial charge on any atom is -0.318 e. The van der Waals surface area contributed by atoms with E-state index in [1.807, 2.05) is 6.92 Å². The number of hydrogen-bond acceptors (Lipinski definition) is 2. The number of halogens is 4. The van der Waals surface area contributed by atoms with Gasteiger partial charge in [0, 0.05) is 12.1 Å². The number of alkyl halides is 3. The number of nitrogens with zero attached hydrogens (tertiary/aromatic N) is 3. The van der Waals surface area contributed by atoms with E-state index < -0.39 is 11.7 Å². The second-order valence-electron chi connectivity index (χ2n) is 6.05. The summed E-state index contributed by atoms with van der Waals surface area (Å²) in [5, 5.41) is -0.351. The number of imidazole rings is 1. The highest BCUT2D eigenvalue weighted by Crippen LogP contribution is 2.38. The highest BCUT2D eigenvalue weighted by atomic mass is 35.5. The van der Waals surface area contributed by atoms with Gasteiger partial charge in [0.25, 0.3) is 5.91 Å². The lowest BCUT2D eigenvalue weighted by Gasteiger charge is -2.16. The molecule has 0 aliphatic carbocycles. The molecule has 0 saturated carbocycles. The van der Waals surface area contributed by atoms with E-state index in [-0.39, 0.29) is 16.8 Å². The van der Waals surface area contributed by atoms with Crippen LogP contribution in [0.5, 0.6) is 0 Å². The summed E-state index contributed by atoms with van der Waals surface area (Å²) in [6, 6.07) is 3.76. The summed E-state index contributed by atoms with van der Waals surface area (Å²) in [7, 11) is 0. The summed E-state index contributed by atoms with van der Waals surface area (Å²) in [4.78, 5) is 18.4. The van der Waals surface area contributed by atoms with Gasteiger partial charge in [-0.1, -0.05) is 31.0 Å². The summed E-state index contributed by atoms with van der Waals surface area (Å²) < 4.78 is 41.1. The molecular formula is C17H17ClF3N3O. The first-order valence-electron chi connectivity index (χ1n) is 7.97. The van der Waals surface area contributed by atoms with E-state index in [1.165, 1.54) is 12.1 Å². The molecule has 1 aromatic heterocycles. The average Bonchev–Trinajstić information content (AvgIpc) is 3.01. The molecule has 1 aromatic carbocycles. The number of benzene rings is 1. The Bertz CT molecular complexity index is 829. The fourth-order valence-electron chi connectivity index (χ4n) is 3.03. The van der Waals surface area contributed by atoms with E-state index in [9.17, 15) is 18.0 Å². The van der Waals surface area contributed by atoms with Gasteiger partial charge in [-0.05, 0) is 25.5 Å². The second kappa shape index (κ2) is 6.37. The number of hydrogen-bond donors (Lipinski definition) is 0. The van der Waals surface area contributed by atoms with Gasteiger partial charge >= 0.3 is 6.18 Å². The predicted molar refractivity (Wildman–Crippen MR) is 88.4 cm³/mol. The number of unbranched alkanes of at least 4 members (excludes halogenated alkanes) is 1. The van der Waals surface area contributed by atoms with Crippen LogP contribution in [0.4, 0.5) is 13.2 Å². The third-order valence-corrected chi connectivity index (χ3v) is 4.59. The molecule has 0 fully saturated rings. The molecule has 8 heteroatoms. The highest BCUT2D eigenvalue weighted by molar-refractivity contribution is 6.31. The number of rotatable bonds is 4. The Morgan fingerprint density at radius 2 is 2.04 bits per heavy atom. The number of amides is 1. The largest absolute Gasteiger partial charge is 0.417 e. The van der Waals surface area contributed by atoms with Crippen molar-refractivity contribution in [3.05, 3.63) is 40.3 Å². The Hall–Kier alpha value is -2.02. The number of carbonyl (C=O) groups is 1. The van der Waals surface area contributed by atoms with Crippen LogP contribution in [-0.2, 0) is 12.8 Å². The summed E-state index contributed by atoms with van der Waals surface area (Å²) >= 11 is 5.70. The van der Waals surface area contributed by atoms with Crippen LogP contribution in [0.1, 0.15) is 41.6 Å². The van der Waals surface area contributed by atoms with Crippen molar-refractivity contribution >= 4 is 17.5 Å². The quantitative estimate of drug-likeness (QED) is 0.778. The van der Waals surface area contributed by atoms with E-state index in [4.69, 9.17) is 11.6 Å². The third-order valence-electron chi connectivity index (χ3n) is 4.26. The Labute approximate surface area is 148 Å². The van der Waals surface area contributed by atoms with Crippen LogP contribution in [0.15, 0.2) is 18.2 Å². The molecular weight excluding hydrogens is 355 g/mol. The summed E-state index contributed by atoms with van der Waals surface area (Å²) in [5.74, 6) is 0.0833. The van der Waals surface area contributed by atoms with Gasteiger partial charge < -0.3 is 9.47 Å². The van der Waals surface area contributed by atoms with E-state index in [0.29, 0.717) is 30.2 Å². The molecule has 0 atom stereocenters. The van der Waals surface area contributed by atoms with Gasteiger partial charge in [-0.15, -0.1) is 0 Å². The Kier molecular flexibility index (Phi) is 4.53. The van der Waals surface area contributed by atoms with Crippen molar-refractivity contribution in [3.8, 4) is 11.3 Å². The first-order valence-corrected chi connectivity index (χ1v) is 8.35. The zero-order chi connectivity index (χ0) is 18.4. The third kappa shape index (κ3) is 3.13. The maximum Gasteiger partial charge on any atom is 0.417 e. The Morgan fingerprint density at radius 1 is 1.32 bits per heavy atom. The minimum absolute atomic E-state index is 0.187. The zero-order valence-electron chi connectivity index (χ0n) is 13.8. The van der Waals surface area contributed by atoms with Crippen molar-refractivity contribution in [1.29, 1.82) is 0 Å². The first-order chi connectivity index (χ1) is 11.7. The van der Waals surface area contributed by atoms with Crippen LogP contribution in [0, 0.1) is 6.92 Å². The molecule has 0 N–H and O–H groups in total. The fraction of sp³-hybridized carbons (Fsp3) is 0.412. The molecule has 1 amide bonds. The van der Waals surface area contributed by atoms with Crippen molar-refractivity contribution in [1.82, 2.24) is 14.5 Å². The molecule has 4 nitrogen and oxygen atoms in total. The van der Waals surface area contributed by atoms with Crippen molar-refractivity contribution in [3.63, 3.8) is 0 Å². The van der Waals surface area contributed by atoms with Gasteiger partial charge in [0.05, 0.1) is 28.6 Å². The summed E-state index contributed by atoms with van der Waals surface area (Å²) in [6.45, 7) is 4.62. The predicted octanol–water partition coefficient (Wildman–Crippen LogP) is 4.74. The van der Waals surface area contributed by atoms with Crippen molar-refractivity contribution in [2.75, 3.05) is 6.54 Å². The lowest BCUT2D eigenvalue weighted by atomic mass is 10.1. The first kappa shape index (κ1) is 17.8. The van der Waals surface area contributed by atoms with Crippen molar-refractivity contribution in [2.45, 2.75) is 39.5 Å². The lowest BCUT2D eigenvalue weighted by molar-refractivity contribution is -0.137. The summed E-state index contributed by atoms with van der Waals surface area (Å²) in [5.41, 5.74) is 0.491. The normalized spacial score (nSPS) is 14.3. The van der Waals surface area contributed by atoms with Gasteiger partial charge in [-0.25, -0.2) is 4.98 Å². The van der Waals surface area contributed by atoms with Crippen LogP contribution >= 0.6 is 11.6 Å². The van der Waals surface area contributed by atoms with Crippen LogP contribution in [0.25, 0.3) is 11.3 Å². The van der Waals surface area contributed by atoms with Gasteiger partial charge in [0.2, 0.25) is 5.82 Å². The molecule has 0 spiro atoms. The van der Waals surface area contributed by atoms with Gasteiger partial charge in [-0.3, -0.25) is 4.79 Å². The fourth-order valence-corrected chi connectivity index (χ4v) is 3.25. The average molecular weight is 372 g/mol. The highest BCUT2D eigenvalue weighted by Gasteiger charge is 2.35. The van der Waals surface area contributed by atoms with E-state index >= 15 is 0 Å². The van der Waals surface area contributed by atoms with Crippen LogP contribution in [0.2, 0.25) is 5.02 Å². The van der Waals surface area contributed by atoms with Crippen LogP contribution < -0.4 is 0 Å². The monoisotopic (exact) mass is 371 g/mol. The van der Waals surface area contributed by atoms with Gasteiger partial charge in [-0.2, -0.15) is 13.2 Å². The lowest BCUT2D eigenvalue weighted by Crippen LogP contribution is -2.26. The maximum atomic E-state index is 13.1. The van der Waals surface area contributed by atoms with Crippen LogP contribution in [0.3, 0.4) is 0 Å². The van der Waals surface area contributed by atoms with Crippen LogP contribution in [-0.4, -0.2) is 26.9 Å². The topological polar surface area (TPSA) is 38.1 Å². The van der Waals surface area contributed by atoms with E-state index in [1.54, 1.807) is 16.4 Å². The Balaban J connectivity index is 2.04. The molecule has 1 aliphatic rings. The van der Waals surface area contributed by atoms with Crippen molar-refractivity contribution < 1.29 is 18.0 Å². The number of fused-ring (bicyclic) bond motifs is 1. The molecule has 25 heavy (non-hydrogen) atoms. The standard InChI is InChI=1S/C17H17ClF3N3O/c1-3-4-7-23-9-24-14(10(2)22-15(24)16(23)25)11-5-6-13(18)12(8-11)17(19,20)21/h5-6,8H,3-4,7,9H2,1-2H3. The molecule has 0 bridgehead atoms. The number of aryl methyl sites for hydroxylation is 1. The molecule has 0 radical (unpaired) electrons. The van der Waals surface area contributed by atoms with Gasteiger partial charge in [0.15, 0.2) is 0 Å².